The van der Waals surface area contributed by atoms with Crippen molar-refractivity contribution in [3.63, 3.8) is 0 Å². The van der Waals surface area contributed by atoms with Gasteiger partial charge in [0.2, 0.25) is 11.8 Å². The van der Waals surface area contributed by atoms with E-state index in [1.54, 1.807) is 0 Å². The van der Waals surface area contributed by atoms with Crippen LogP contribution in [0.4, 0.5) is 22.7 Å². The molecule has 2 amide bonds. The molecule has 0 radical (unpaired) electrons. The van der Waals surface area contributed by atoms with E-state index in [4.69, 9.17) is 0 Å². The Morgan fingerprint density at radius 1 is 0.675 bits per heavy atom. The van der Waals surface area contributed by atoms with Crippen molar-refractivity contribution in [3.05, 3.63) is 71.8 Å². The van der Waals surface area contributed by atoms with Crippen molar-refractivity contribution < 1.29 is 19.8 Å². The molecule has 4 aromatic carbocycles. The standard InChI is InChI=1S/C32H28N4O4/c1-31-13-23(37)35(31)21-7-3-5-15-17(9-11-19(33-31)25(15)21)27-29(39)28(30(27)40)18-10-12-20-26-16(18)6-4-8-22(26)36-24(38)14-32(36,2)34-20/h3-12,27-30,33-34,39-40H,13-14H2,1-2H3. The van der Waals surface area contributed by atoms with Gasteiger partial charge in [-0.15, -0.1) is 0 Å². The molecule has 4 aliphatic heterocycles. The second-order valence-corrected chi connectivity index (χ2v) is 12.4. The molecule has 8 heteroatoms. The first kappa shape index (κ1) is 22.7. The SMILES string of the molecule is CC12CC(=O)N1c1cccc3c(C4C(O)C(c5ccc6c7c(cccc57)N5C(=O)CC5(C)N6)C4O)ccc(c13)N2. The first-order valence-corrected chi connectivity index (χ1v) is 13.9. The van der Waals surface area contributed by atoms with E-state index in [0.29, 0.717) is 12.8 Å². The predicted molar refractivity (Wildman–Crippen MR) is 154 cm³/mol. The number of amides is 2. The molecule has 4 aromatic rings. The third kappa shape index (κ3) is 2.46. The third-order valence-electron chi connectivity index (χ3n) is 10.1. The summed E-state index contributed by atoms with van der Waals surface area (Å²) >= 11 is 0. The van der Waals surface area contributed by atoms with Gasteiger partial charge in [0.1, 0.15) is 11.3 Å². The monoisotopic (exact) mass is 532 g/mol. The molecule has 0 bridgehead atoms. The average molecular weight is 533 g/mol. The van der Waals surface area contributed by atoms with Crippen LogP contribution in [-0.4, -0.2) is 45.6 Å². The Labute approximate surface area is 230 Å². The van der Waals surface area contributed by atoms with Crippen LogP contribution < -0.4 is 20.4 Å². The van der Waals surface area contributed by atoms with Gasteiger partial charge in [-0.25, -0.2) is 0 Å². The quantitative estimate of drug-likeness (QED) is 0.286. The molecule has 2 saturated heterocycles. The van der Waals surface area contributed by atoms with E-state index in [-0.39, 0.29) is 11.8 Å². The van der Waals surface area contributed by atoms with E-state index < -0.39 is 35.4 Å². The molecular formula is C32H28N4O4. The summed E-state index contributed by atoms with van der Waals surface area (Å²) in [4.78, 5) is 28.7. The fourth-order valence-corrected chi connectivity index (χ4v) is 8.28. The van der Waals surface area contributed by atoms with Crippen LogP contribution in [-0.2, 0) is 9.59 Å². The molecule has 3 fully saturated rings. The summed E-state index contributed by atoms with van der Waals surface area (Å²) in [7, 11) is 0. The number of nitrogens with one attached hydrogen (secondary N) is 2. The zero-order chi connectivity index (χ0) is 27.3. The maximum atomic E-state index is 12.5. The second kappa shape index (κ2) is 6.95. The number of hydrogen-bond acceptors (Lipinski definition) is 6. The third-order valence-corrected chi connectivity index (χ3v) is 10.1. The zero-order valence-electron chi connectivity index (χ0n) is 22.1. The first-order chi connectivity index (χ1) is 19.2. The topological polar surface area (TPSA) is 105 Å². The van der Waals surface area contributed by atoms with E-state index in [9.17, 15) is 19.8 Å². The van der Waals surface area contributed by atoms with Crippen LogP contribution in [0.2, 0.25) is 0 Å². The molecule has 1 aliphatic carbocycles. The van der Waals surface area contributed by atoms with Gasteiger partial charge in [0, 0.05) is 34.0 Å². The molecule has 2 unspecified atom stereocenters. The van der Waals surface area contributed by atoms with Crippen LogP contribution in [0.5, 0.6) is 0 Å². The Morgan fingerprint density at radius 3 is 1.50 bits per heavy atom. The lowest BCUT2D eigenvalue weighted by atomic mass is 9.62. The summed E-state index contributed by atoms with van der Waals surface area (Å²) < 4.78 is 0. The van der Waals surface area contributed by atoms with Gasteiger partial charge in [-0.3, -0.25) is 19.4 Å². The highest BCUT2D eigenvalue weighted by Crippen LogP contribution is 2.56. The molecular weight excluding hydrogens is 504 g/mol. The fourth-order valence-electron chi connectivity index (χ4n) is 8.28. The van der Waals surface area contributed by atoms with Gasteiger partial charge in [-0.05, 0) is 60.0 Å². The first-order valence-electron chi connectivity index (χ1n) is 13.9. The predicted octanol–water partition coefficient (Wildman–Crippen LogP) is 4.35. The highest BCUT2D eigenvalue weighted by atomic mass is 16.3. The lowest BCUT2D eigenvalue weighted by Gasteiger charge is -2.54. The van der Waals surface area contributed by atoms with E-state index in [2.05, 4.69) is 10.6 Å². The Balaban J connectivity index is 1.13. The number of β-lactam (4-membered cyclic amide) rings is 2. The number of hydrogen-bond donors (Lipinski definition) is 4. The summed E-state index contributed by atoms with van der Waals surface area (Å²) in [5.74, 6) is -0.780. The number of carbonyl (C=O) groups excluding carboxylic acids is 2. The molecule has 5 aliphatic rings. The molecule has 1 saturated carbocycles. The van der Waals surface area contributed by atoms with Crippen molar-refractivity contribution in [1.82, 2.24) is 0 Å². The fraction of sp³-hybridized carbons (Fsp3) is 0.312. The lowest BCUT2D eigenvalue weighted by Crippen LogP contribution is -2.67. The minimum Gasteiger partial charge on any atom is -0.392 e. The van der Waals surface area contributed by atoms with Gasteiger partial charge in [0.15, 0.2) is 0 Å². The molecule has 4 heterocycles. The maximum absolute atomic E-state index is 12.5. The number of aliphatic hydroxyl groups excluding tert-OH is 2. The number of nitrogens with zero attached hydrogens (tertiary/aromatic N) is 2. The number of benzene rings is 4. The average Bonchev–Trinajstić information content (AvgIpc) is 2.90. The van der Waals surface area contributed by atoms with Gasteiger partial charge in [-0.1, -0.05) is 36.4 Å². The Hall–Kier alpha value is -4.14. The minimum absolute atomic E-state index is 0.0833. The van der Waals surface area contributed by atoms with Crippen molar-refractivity contribution in [1.29, 1.82) is 0 Å². The Bertz CT molecular complexity index is 1730. The van der Waals surface area contributed by atoms with Crippen molar-refractivity contribution in [2.24, 2.45) is 0 Å². The van der Waals surface area contributed by atoms with Gasteiger partial charge in [0.25, 0.3) is 0 Å². The van der Waals surface area contributed by atoms with E-state index >= 15 is 0 Å². The second-order valence-electron chi connectivity index (χ2n) is 12.4. The molecule has 9 rings (SSSR count). The lowest BCUT2D eigenvalue weighted by molar-refractivity contribution is -0.127. The summed E-state index contributed by atoms with van der Waals surface area (Å²) in [6, 6.07) is 19.9. The summed E-state index contributed by atoms with van der Waals surface area (Å²) in [6.45, 7) is 4.06. The van der Waals surface area contributed by atoms with Gasteiger partial charge in [-0.2, -0.15) is 0 Å². The van der Waals surface area contributed by atoms with Crippen LogP contribution in [0.15, 0.2) is 60.7 Å². The molecule has 8 nitrogen and oxygen atoms in total. The van der Waals surface area contributed by atoms with Crippen molar-refractivity contribution in [3.8, 4) is 0 Å². The number of anilines is 4. The summed E-state index contributed by atoms with van der Waals surface area (Å²) in [6.07, 6.45) is -0.712. The number of carbonyl (C=O) groups is 2. The van der Waals surface area contributed by atoms with E-state index in [0.717, 1.165) is 55.4 Å². The van der Waals surface area contributed by atoms with Crippen LogP contribution in [0.3, 0.4) is 0 Å². The van der Waals surface area contributed by atoms with E-state index in [1.807, 2.05) is 84.3 Å². The zero-order valence-corrected chi connectivity index (χ0v) is 22.1. The molecule has 2 atom stereocenters. The van der Waals surface area contributed by atoms with Crippen molar-refractivity contribution in [2.45, 2.75) is 62.1 Å². The summed E-state index contributed by atoms with van der Waals surface area (Å²) in [5, 5.41) is 34.1. The molecule has 200 valence electrons. The molecule has 40 heavy (non-hydrogen) atoms. The number of fused-ring (bicyclic) bond motifs is 4. The maximum Gasteiger partial charge on any atom is 0.233 e. The highest BCUT2D eigenvalue weighted by molar-refractivity contribution is 6.18. The van der Waals surface area contributed by atoms with Crippen LogP contribution in [0.25, 0.3) is 21.5 Å². The van der Waals surface area contributed by atoms with E-state index in [1.165, 1.54) is 0 Å². The van der Waals surface area contributed by atoms with Crippen LogP contribution in [0, 0.1) is 0 Å². The molecule has 0 spiro atoms. The smallest absolute Gasteiger partial charge is 0.233 e. The van der Waals surface area contributed by atoms with Gasteiger partial charge < -0.3 is 20.8 Å². The number of rotatable bonds is 2. The van der Waals surface area contributed by atoms with Gasteiger partial charge >= 0.3 is 0 Å². The Kier molecular flexibility index (Phi) is 3.93. The summed E-state index contributed by atoms with van der Waals surface area (Å²) in [5.41, 5.74) is 4.56. The van der Waals surface area contributed by atoms with Gasteiger partial charge in [0.05, 0.1) is 36.4 Å². The van der Waals surface area contributed by atoms with Crippen LogP contribution in [0.1, 0.15) is 49.7 Å². The highest BCUT2D eigenvalue weighted by Gasteiger charge is 2.55. The van der Waals surface area contributed by atoms with Crippen molar-refractivity contribution in [2.75, 3.05) is 20.4 Å². The van der Waals surface area contributed by atoms with Crippen molar-refractivity contribution >= 4 is 56.1 Å². The van der Waals surface area contributed by atoms with Crippen LogP contribution >= 0.6 is 0 Å². The largest absolute Gasteiger partial charge is 0.392 e. The molecule has 0 aromatic heterocycles. The number of aliphatic hydroxyl groups is 2. The Morgan fingerprint density at radius 2 is 1.10 bits per heavy atom. The normalized spacial score (nSPS) is 32.9. The minimum atomic E-state index is -0.802. The molecule has 4 N–H and O–H groups in total.